The molecule has 3 rings (SSSR count). The number of hydrogen-bond donors (Lipinski definition) is 2. The summed E-state index contributed by atoms with van der Waals surface area (Å²) in [4.78, 5) is 10.7. The molecule has 6 heteroatoms. The first kappa shape index (κ1) is 10.1. The van der Waals surface area contributed by atoms with Crippen LogP contribution in [0.25, 0.3) is 11.4 Å². The van der Waals surface area contributed by atoms with Crippen molar-refractivity contribution >= 4 is 11.8 Å². The first-order valence-electron chi connectivity index (χ1n) is 5.72. The highest BCUT2D eigenvalue weighted by Gasteiger charge is 2.15. The van der Waals surface area contributed by atoms with Crippen molar-refractivity contribution in [2.75, 3.05) is 23.7 Å². The monoisotopic (exact) mass is 230 g/mol. The van der Waals surface area contributed by atoms with E-state index in [1.165, 1.54) is 12.8 Å². The van der Waals surface area contributed by atoms with E-state index in [2.05, 4.69) is 25.1 Å². The molecule has 0 atom stereocenters. The number of aromatic amines is 1. The molecule has 0 unspecified atom stereocenters. The Kier molecular flexibility index (Phi) is 2.40. The predicted octanol–water partition coefficient (Wildman–Crippen LogP) is 1.05. The maximum absolute atomic E-state index is 5.75. The van der Waals surface area contributed by atoms with Crippen LogP contribution in [0.15, 0.2) is 18.3 Å². The molecule has 2 aromatic rings. The molecule has 0 bridgehead atoms. The fourth-order valence-electron chi connectivity index (χ4n) is 2.10. The molecule has 1 saturated heterocycles. The molecule has 6 nitrogen and oxygen atoms in total. The second-order valence-corrected chi connectivity index (χ2v) is 4.13. The number of rotatable bonds is 2. The first-order chi connectivity index (χ1) is 8.33. The van der Waals surface area contributed by atoms with Crippen LogP contribution in [-0.2, 0) is 0 Å². The van der Waals surface area contributed by atoms with E-state index in [4.69, 9.17) is 5.73 Å². The van der Waals surface area contributed by atoms with E-state index in [0.29, 0.717) is 5.95 Å². The Morgan fingerprint density at radius 2 is 2.06 bits per heavy atom. The molecule has 0 saturated carbocycles. The van der Waals surface area contributed by atoms with Crippen LogP contribution in [0, 0.1) is 0 Å². The average Bonchev–Trinajstić information content (AvgIpc) is 3.02. The SMILES string of the molecule is Nc1nc(-c2ccn[nH]2)cc(N2CCCC2)n1. The highest BCUT2D eigenvalue weighted by atomic mass is 15.2. The Labute approximate surface area is 98.9 Å². The van der Waals surface area contributed by atoms with Crippen LogP contribution in [-0.4, -0.2) is 33.3 Å². The maximum Gasteiger partial charge on any atom is 0.222 e. The van der Waals surface area contributed by atoms with E-state index in [9.17, 15) is 0 Å². The zero-order valence-electron chi connectivity index (χ0n) is 9.43. The van der Waals surface area contributed by atoms with Gasteiger partial charge in [-0.1, -0.05) is 0 Å². The standard InChI is InChI=1S/C11H14N6/c12-11-14-9(8-3-4-13-16-8)7-10(15-11)17-5-1-2-6-17/h3-4,7H,1-2,5-6H2,(H,13,16)(H2,12,14,15). The number of H-pyrrole nitrogens is 1. The van der Waals surface area contributed by atoms with Crippen molar-refractivity contribution in [1.29, 1.82) is 0 Å². The summed E-state index contributed by atoms with van der Waals surface area (Å²) >= 11 is 0. The van der Waals surface area contributed by atoms with Crippen LogP contribution >= 0.6 is 0 Å². The van der Waals surface area contributed by atoms with Gasteiger partial charge in [0.1, 0.15) is 5.82 Å². The van der Waals surface area contributed by atoms with Crippen LogP contribution in [0.3, 0.4) is 0 Å². The highest BCUT2D eigenvalue weighted by Crippen LogP contribution is 2.23. The first-order valence-corrected chi connectivity index (χ1v) is 5.72. The Morgan fingerprint density at radius 3 is 2.76 bits per heavy atom. The van der Waals surface area contributed by atoms with Gasteiger partial charge in [-0.2, -0.15) is 10.1 Å². The number of anilines is 2. The van der Waals surface area contributed by atoms with Crippen LogP contribution in [0.5, 0.6) is 0 Å². The largest absolute Gasteiger partial charge is 0.368 e. The molecule has 0 aliphatic carbocycles. The molecule has 1 aliphatic rings. The van der Waals surface area contributed by atoms with E-state index in [1.54, 1.807) is 6.20 Å². The van der Waals surface area contributed by atoms with Crippen molar-refractivity contribution in [2.45, 2.75) is 12.8 Å². The predicted molar refractivity (Wildman–Crippen MR) is 65.5 cm³/mol. The van der Waals surface area contributed by atoms with Crippen molar-refractivity contribution in [3.63, 3.8) is 0 Å². The third-order valence-electron chi connectivity index (χ3n) is 2.94. The van der Waals surface area contributed by atoms with Gasteiger partial charge in [0.05, 0.1) is 11.4 Å². The summed E-state index contributed by atoms with van der Waals surface area (Å²) in [7, 11) is 0. The second-order valence-electron chi connectivity index (χ2n) is 4.13. The molecule has 1 aliphatic heterocycles. The van der Waals surface area contributed by atoms with Crippen molar-refractivity contribution in [3.8, 4) is 11.4 Å². The molecule has 0 amide bonds. The number of nitrogens with zero attached hydrogens (tertiary/aromatic N) is 4. The zero-order valence-corrected chi connectivity index (χ0v) is 9.43. The molecule has 2 aromatic heterocycles. The molecular weight excluding hydrogens is 216 g/mol. The Balaban J connectivity index is 2.00. The number of aromatic nitrogens is 4. The average molecular weight is 230 g/mol. The Hall–Kier alpha value is -2.11. The minimum Gasteiger partial charge on any atom is -0.368 e. The second kappa shape index (κ2) is 4.04. The Morgan fingerprint density at radius 1 is 1.24 bits per heavy atom. The van der Waals surface area contributed by atoms with Crippen LogP contribution in [0.1, 0.15) is 12.8 Å². The Bertz CT molecular complexity index is 501. The van der Waals surface area contributed by atoms with Gasteiger partial charge >= 0.3 is 0 Å². The van der Waals surface area contributed by atoms with Crippen LogP contribution in [0.2, 0.25) is 0 Å². The summed E-state index contributed by atoms with van der Waals surface area (Å²) in [5.74, 6) is 1.21. The lowest BCUT2D eigenvalue weighted by Gasteiger charge is -2.16. The number of hydrogen-bond acceptors (Lipinski definition) is 5. The van der Waals surface area contributed by atoms with E-state index in [0.717, 1.165) is 30.3 Å². The molecule has 3 N–H and O–H groups in total. The molecule has 17 heavy (non-hydrogen) atoms. The molecule has 3 heterocycles. The molecule has 88 valence electrons. The third kappa shape index (κ3) is 1.93. The third-order valence-corrected chi connectivity index (χ3v) is 2.94. The van der Waals surface area contributed by atoms with Crippen LogP contribution in [0.4, 0.5) is 11.8 Å². The highest BCUT2D eigenvalue weighted by molar-refractivity contribution is 5.60. The van der Waals surface area contributed by atoms with Crippen molar-refractivity contribution in [1.82, 2.24) is 20.2 Å². The van der Waals surface area contributed by atoms with Gasteiger partial charge in [0, 0.05) is 25.4 Å². The summed E-state index contributed by atoms with van der Waals surface area (Å²) in [5.41, 5.74) is 7.40. The maximum atomic E-state index is 5.75. The lowest BCUT2D eigenvalue weighted by molar-refractivity contribution is 0.931. The molecule has 0 radical (unpaired) electrons. The van der Waals surface area contributed by atoms with Gasteiger partial charge < -0.3 is 10.6 Å². The van der Waals surface area contributed by atoms with Crippen molar-refractivity contribution in [3.05, 3.63) is 18.3 Å². The summed E-state index contributed by atoms with van der Waals surface area (Å²) in [5, 5.41) is 6.80. The van der Waals surface area contributed by atoms with E-state index >= 15 is 0 Å². The topological polar surface area (TPSA) is 83.7 Å². The van der Waals surface area contributed by atoms with Gasteiger partial charge in [-0.15, -0.1) is 0 Å². The lowest BCUT2D eigenvalue weighted by atomic mass is 10.3. The molecule has 1 fully saturated rings. The van der Waals surface area contributed by atoms with Crippen molar-refractivity contribution < 1.29 is 0 Å². The van der Waals surface area contributed by atoms with Crippen molar-refractivity contribution in [2.24, 2.45) is 0 Å². The fourth-order valence-corrected chi connectivity index (χ4v) is 2.10. The van der Waals surface area contributed by atoms with Gasteiger partial charge in [-0.05, 0) is 18.9 Å². The minimum atomic E-state index is 0.305. The number of nitrogen functional groups attached to an aromatic ring is 1. The molecular formula is C11H14N6. The quantitative estimate of drug-likeness (QED) is 0.805. The fraction of sp³-hybridized carbons (Fsp3) is 0.364. The van der Waals surface area contributed by atoms with E-state index < -0.39 is 0 Å². The lowest BCUT2D eigenvalue weighted by Crippen LogP contribution is -2.19. The summed E-state index contributed by atoms with van der Waals surface area (Å²) in [6.45, 7) is 2.08. The van der Waals surface area contributed by atoms with Gasteiger partial charge in [0.2, 0.25) is 5.95 Å². The van der Waals surface area contributed by atoms with Gasteiger partial charge in [0.15, 0.2) is 0 Å². The summed E-state index contributed by atoms with van der Waals surface area (Å²) in [6, 6.07) is 3.82. The number of nitrogens with two attached hydrogens (primary N) is 1. The smallest absolute Gasteiger partial charge is 0.222 e. The van der Waals surface area contributed by atoms with Gasteiger partial charge in [-0.25, -0.2) is 4.98 Å². The summed E-state index contributed by atoms with van der Waals surface area (Å²) in [6.07, 6.45) is 4.12. The zero-order chi connectivity index (χ0) is 11.7. The van der Waals surface area contributed by atoms with Gasteiger partial charge in [0.25, 0.3) is 0 Å². The number of nitrogens with one attached hydrogen (secondary N) is 1. The van der Waals surface area contributed by atoms with E-state index in [-0.39, 0.29) is 0 Å². The summed E-state index contributed by atoms with van der Waals surface area (Å²) < 4.78 is 0. The van der Waals surface area contributed by atoms with Gasteiger partial charge in [-0.3, -0.25) is 5.10 Å². The molecule has 0 aromatic carbocycles. The van der Waals surface area contributed by atoms with E-state index in [1.807, 2.05) is 12.1 Å². The van der Waals surface area contributed by atoms with Crippen LogP contribution < -0.4 is 10.6 Å². The minimum absolute atomic E-state index is 0.305. The molecule has 0 spiro atoms. The normalized spacial score (nSPS) is 15.4.